The quantitative estimate of drug-likeness (QED) is 0.845. The third-order valence-electron chi connectivity index (χ3n) is 5.53. The summed E-state index contributed by atoms with van der Waals surface area (Å²) in [4.78, 5) is 2.82. The molecule has 0 aromatic carbocycles. The smallest absolute Gasteiger partial charge is 0.0128 e. The molecule has 1 heterocycles. The van der Waals surface area contributed by atoms with Crippen molar-refractivity contribution >= 4 is 0 Å². The molecule has 1 saturated heterocycles. The van der Waals surface area contributed by atoms with Crippen LogP contribution in [0.2, 0.25) is 0 Å². The molecule has 2 rings (SSSR count). The summed E-state index contributed by atoms with van der Waals surface area (Å²) >= 11 is 0. The summed E-state index contributed by atoms with van der Waals surface area (Å²) in [5.74, 6) is 1.80. The van der Waals surface area contributed by atoms with Crippen LogP contribution in [0.25, 0.3) is 0 Å². The van der Waals surface area contributed by atoms with Gasteiger partial charge in [0.25, 0.3) is 0 Å². The second-order valence-corrected chi connectivity index (χ2v) is 7.88. The lowest BCUT2D eigenvalue weighted by Gasteiger charge is -2.48. The number of likely N-dealkylation sites (tertiary alicyclic amines) is 1. The van der Waals surface area contributed by atoms with Crippen molar-refractivity contribution in [3.8, 4) is 0 Å². The van der Waals surface area contributed by atoms with Gasteiger partial charge in [0.15, 0.2) is 0 Å². The summed E-state index contributed by atoms with van der Waals surface area (Å²) in [6.07, 6.45) is 9.76. The Morgan fingerprint density at radius 2 is 1.63 bits per heavy atom. The largest absolute Gasteiger partial charge is 0.330 e. The molecular formula is C17H34N2. The van der Waals surface area contributed by atoms with Crippen LogP contribution in [0.15, 0.2) is 0 Å². The maximum atomic E-state index is 5.70. The number of nitrogens with two attached hydrogens (primary N) is 1. The first-order valence-corrected chi connectivity index (χ1v) is 8.46. The minimum absolute atomic E-state index is 0.471. The molecule has 1 aliphatic heterocycles. The Hall–Kier alpha value is -0.0800. The van der Waals surface area contributed by atoms with Crippen molar-refractivity contribution < 1.29 is 0 Å². The zero-order valence-electron chi connectivity index (χ0n) is 13.3. The molecule has 2 aliphatic rings. The summed E-state index contributed by atoms with van der Waals surface area (Å²) in [6.45, 7) is 10.8. The molecule has 2 heteroatoms. The number of piperidine rings is 1. The van der Waals surface area contributed by atoms with Crippen LogP contribution in [-0.2, 0) is 0 Å². The van der Waals surface area contributed by atoms with E-state index in [2.05, 4.69) is 25.7 Å². The van der Waals surface area contributed by atoms with Crippen molar-refractivity contribution in [1.82, 2.24) is 4.90 Å². The number of nitrogens with zero attached hydrogens (tertiary/aromatic N) is 1. The van der Waals surface area contributed by atoms with Crippen molar-refractivity contribution in [1.29, 1.82) is 0 Å². The van der Waals surface area contributed by atoms with Gasteiger partial charge in [-0.05, 0) is 69.0 Å². The minimum Gasteiger partial charge on any atom is -0.330 e. The third-order valence-corrected chi connectivity index (χ3v) is 5.53. The average Bonchev–Trinajstić information content (AvgIpc) is 2.39. The van der Waals surface area contributed by atoms with Crippen LogP contribution in [0.5, 0.6) is 0 Å². The lowest BCUT2D eigenvalue weighted by Crippen LogP contribution is -2.49. The van der Waals surface area contributed by atoms with Crippen LogP contribution in [-0.4, -0.2) is 30.6 Å². The Balaban J connectivity index is 1.93. The van der Waals surface area contributed by atoms with E-state index in [1.165, 1.54) is 58.0 Å². The molecule has 0 aromatic heterocycles. The summed E-state index contributed by atoms with van der Waals surface area (Å²) in [7, 11) is 0. The number of hydrogen-bond donors (Lipinski definition) is 1. The second kappa shape index (κ2) is 6.58. The molecule has 0 aromatic rings. The summed E-state index contributed by atoms with van der Waals surface area (Å²) in [5, 5.41) is 0. The van der Waals surface area contributed by atoms with E-state index >= 15 is 0 Å². The lowest BCUT2D eigenvalue weighted by molar-refractivity contribution is 0.0207. The molecule has 2 N–H and O–H groups in total. The van der Waals surface area contributed by atoms with Crippen LogP contribution in [0, 0.1) is 17.3 Å². The van der Waals surface area contributed by atoms with Gasteiger partial charge in [-0.3, -0.25) is 0 Å². The molecule has 2 fully saturated rings. The Morgan fingerprint density at radius 3 is 2.21 bits per heavy atom. The van der Waals surface area contributed by atoms with Gasteiger partial charge in [-0.1, -0.05) is 33.6 Å². The molecule has 0 spiro atoms. The van der Waals surface area contributed by atoms with Gasteiger partial charge in [0.05, 0.1) is 0 Å². The van der Waals surface area contributed by atoms with Crippen molar-refractivity contribution in [2.75, 3.05) is 19.6 Å². The van der Waals surface area contributed by atoms with E-state index in [0.717, 1.165) is 24.4 Å². The fourth-order valence-electron chi connectivity index (χ4n) is 4.37. The van der Waals surface area contributed by atoms with Crippen molar-refractivity contribution in [3.05, 3.63) is 0 Å². The van der Waals surface area contributed by atoms with Gasteiger partial charge in [-0.15, -0.1) is 0 Å². The van der Waals surface area contributed by atoms with Gasteiger partial charge in [0.1, 0.15) is 0 Å². The highest BCUT2D eigenvalue weighted by molar-refractivity contribution is 4.91. The predicted octanol–water partition coefficient (Wildman–Crippen LogP) is 3.65. The summed E-state index contributed by atoms with van der Waals surface area (Å²) < 4.78 is 0. The molecule has 2 nitrogen and oxygen atoms in total. The van der Waals surface area contributed by atoms with Gasteiger partial charge in [-0.25, -0.2) is 0 Å². The van der Waals surface area contributed by atoms with E-state index < -0.39 is 0 Å². The SMILES string of the molecule is CC(C)(C)C1CCCCC1N1CCC(CCN)CC1. The standard InChI is InChI=1S/C17H34N2/c1-17(2,3)15-6-4-5-7-16(15)19-12-9-14(8-11-18)10-13-19/h14-16H,4-13,18H2,1-3H3. The van der Waals surface area contributed by atoms with E-state index in [1.807, 2.05) is 0 Å². The van der Waals surface area contributed by atoms with E-state index in [4.69, 9.17) is 5.73 Å². The predicted molar refractivity (Wildman–Crippen MR) is 83.2 cm³/mol. The molecule has 1 saturated carbocycles. The van der Waals surface area contributed by atoms with Gasteiger partial charge >= 0.3 is 0 Å². The van der Waals surface area contributed by atoms with Crippen molar-refractivity contribution in [2.24, 2.45) is 23.0 Å². The Bertz CT molecular complexity index is 261. The Kier molecular flexibility index (Phi) is 5.30. The summed E-state index contributed by atoms with van der Waals surface area (Å²) in [6, 6.07) is 0.854. The highest BCUT2D eigenvalue weighted by Crippen LogP contribution is 2.41. The second-order valence-electron chi connectivity index (χ2n) is 7.88. The zero-order valence-corrected chi connectivity index (χ0v) is 13.3. The third kappa shape index (κ3) is 3.95. The first kappa shape index (κ1) is 15.3. The van der Waals surface area contributed by atoms with Crippen LogP contribution in [0.3, 0.4) is 0 Å². The monoisotopic (exact) mass is 266 g/mol. The number of rotatable bonds is 3. The highest BCUT2D eigenvalue weighted by Gasteiger charge is 2.38. The minimum atomic E-state index is 0.471. The first-order valence-electron chi connectivity index (χ1n) is 8.46. The van der Waals surface area contributed by atoms with Crippen LogP contribution >= 0.6 is 0 Å². The van der Waals surface area contributed by atoms with E-state index in [1.54, 1.807) is 0 Å². The fourth-order valence-corrected chi connectivity index (χ4v) is 4.37. The highest BCUT2D eigenvalue weighted by atomic mass is 15.2. The Labute approximate surface area is 120 Å². The molecule has 2 atom stereocenters. The molecule has 0 radical (unpaired) electrons. The zero-order chi connectivity index (χ0) is 13.9. The molecule has 112 valence electrons. The fraction of sp³-hybridized carbons (Fsp3) is 1.00. The van der Waals surface area contributed by atoms with Crippen LogP contribution < -0.4 is 5.73 Å². The molecule has 19 heavy (non-hydrogen) atoms. The molecule has 2 unspecified atom stereocenters. The van der Waals surface area contributed by atoms with Crippen LogP contribution in [0.4, 0.5) is 0 Å². The molecule has 1 aliphatic carbocycles. The molecule has 0 amide bonds. The van der Waals surface area contributed by atoms with E-state index in [0.29, 0.717) is 5.41 Å². The molecule has 0 bridgehead atoms. The maximum absolute atomic E-state index is 5.70. The topological polar surface area (TPSA) is 29.3 Å². The van der Waals surface area contributed by atoms with Gasteiger partial charge in [-0.2, -0.15) is 0 Å². The van der Waals surface area contributed by atoms with E-state index in [-0.39, 0.29) is 0 Å². The van der Waals surface area contributed by atoms with Crippen molar-refractivity contribution in [3.63, 3.8) is 0 Å². The lowest BCUT2D eigenvalue weighted by atomic mass is 9.68. The molecular weight excluding hydrogens is 232 g/mol. The average molecular weight is 266 g/mol. The normalized spacial score (nSPS) is 31.6. The van der Waals surface area contributed by atoms with Crippen LogP contribution in [0.1, 0.15) is 65.7 Å². The maximum Gasteiger partial charge on any atom is 0.0128 e. The van der Waals surface area contributed by atoms with Crippen molar-refractivity contribution in [2.45, 2.75) is 71.8 Å². The number of hydrogen-bond acceptors (Lipinski definition) is 2. The van der Waals surface area contributed by atoms with Gasteiger partial charge < -0.3 is 10.6 Å². The van der Waals surface area contributed by atoms with E-state index in [9.17, 15) is 0 Å². The van der Waals surface area contributed by atoms with Gasteiger partial charge in [0.2, 0.25) is 0 Å². The Morgan fingerprint density at radius 1 is 1.00 bits per heavy atom. The van der Waals surface area contributed by atoms with Gasteiger partial charge in [0, 0.05) is 6.04 Å². The summed E-state index contributed by atoms with van der Waals surface area (Å²) in [5.41, 5.74) is 6.17. The first-order chi connectivity index (χ1) is 9.02.